The maximum absolute atomic E-state index is 10.3. The number of hydrogen-bond donors (Lipinski definition) is 2. The summed E-state index contributed by atoms with van der Waals surface area (Å²) in [6.07, 6.45) is 0.0778. The lowest BCUT2D eigenvalue weighted by molar-refractivity contribution is 0.143. The predicted molar refractivity (Wildman–Crippen MR) is 49.5 cm³/mol. The Bertz CT molecular complexity index is 567. The number of nitriles is 1. The van der Waals surface area contributed by atoms with Crippen LogP contribution in [0.2, 0.25) is 0 Å². The van der Waals surface area contributed by atoms with Gasteiger partial charge < -0.3 is 14.8 Å². The highest BCUT2D eigenvalue weighted by Crippen LogP contribution is 2.20. The van der Waals surface area contributed by atoms with Crippen LogP contribution in [0.25, 0.3) is 10.9 Å². The molecule has 2 aromatic heterocycles. The molecule has 0 atom stereocenters. The normalized spacial score (nSPS) is 9.80. The first-order valence-corrected chi connectivity index (χ1v) is 3.98. The second-order valence-electron chi connectivity index (χ2n) is 2.77. The molecule has 0 aliphatic rings. The van der Waals surface area contributed by atoms with E-state index in [0.29, 0.717) is 10.9 Å². The molecule has 0 aliphatic heterocycles. The number of H-pyrrole nitrogens is 1. The number of aromatic amines is 1. The van der Waals surface area contributed by atoms with Crippen molar-refractivity contribution >= 4 is 17.1 Å². The average molecular weight is 203 g/mol. The van der Waals surface area contributed by atoms with Crippen LogP contribution >= 0.6 is 0 Å². The van der Waals surface area contributed by atoms with Crippen LogP contribution in [0, 0.1) is 11.3 Å². The van der Waals surface area contributed by atoms with E-state index in [-0.39, 0.29) is 11.6 Å². The molecule has 2 rings (SSSR count). The summed E-state index contributed by atoms with van der Waals surface area (Å²) in [5.41, 5.74) is 0.865. The molecule has 0 aliphatic carbocycles. The van der Waals surface area contributed by atoms with Gasteiger partial charge in [0, 0.05) is 17.6 Å². The van der Waals surface area contributed by atoms with Gasteiger partial charge in [-0.3, -0.25) is 0 Å². The molecular formula is C9H5N3O3. The lowest BCUT2D eigenvalue weighted by Crippen LogP contribution is -2.02. The topological polar surface area (TPSA) is 99.0 Å². The molecular weight excluding hydrogens is 198 g/mol. The minimum atomic E-state index is -1.39. The Morgan fingerprint density at radius 2 is 2.40 bits per heavy atom. The van der Waals surface area contributed by atoms with Crippen LogP contribution in [0.4, 0.5) is 4.79 Å². The maximum atomic E-state index is 10.3. The van der Waals surface area contributed by atoms with Crippen molar-refractivity contribution in [2.45, 2.75) is 0 Å². The number of hydrogen-bond acceptors (Lipinski definition) is 4. The summed E-state index contributed by atoms with van der Waals surface area (Å²) >= 11 is 0. The molecule has 0 spiro atoms. The molecule has 0 unspecified atom stereocenters. The third-order valence-electron chi connectivity index (χ3n) is 1.79. The fourth-order valence-corrected chi connectivity index (χ4v) is 1.21. The lowest BCUT2D eigenvalue weighted by Gasteiger charge is -1.91. The van der Waals surface area contributed by atoms with Gasteiger partial charge >= 0.3 is 6.16 Å². The molecule has 2 aromatic rings. The minimum absolute atomic E-state index is 0.106. The molecule has 0 radical (unpaired) electrons. The van der Waals surface area contributed by atoms with Crippen LogP contribution in [-0.2, 0) is 0 Å². The zero-order valence-corrected chi connectivity index (χ0v) is 7.39. The van der Waals surface area contributed by atoms with Gasteiger partial charge in [-0.25, -0.2) is 9.78 Å². The van der Waals surface area contributed by atoms with E-state index in [0.717, 1.165) is 0 Å². The van der Waals surface area contributed by atoms with Crippen molar-refractivity contribution in [3.8, 4) is 11.9 Å². The number of aromatic nitrogens is 2. The summed E-state index contributed by atoms with van der Waals surface area (Å²) in [4.78, 5) is 16.8. The Morgan fingerprint density at radius 3 is 3.07 bits per heavy atom. The fraction of sp³-hybridized carbons (Fsp3) is 0. The number of nitrogens with zero attached hydrogens (tertiary/aromatic N) is 2. The van der Waals surface area contributed by atoms with Crippen molar-refractivity contribution in [1.29, 1.82) is 5.26 Å². The molecule has 74 valence electrons. The van der Waals surface area contributed by atoms with Crippen LogP contribution in [0.1, 0.15) is 5.69 Å². The summed E-state index contributed by atoms with van der Waals surface area (Å²) in [7, 11) is 0. The molecule has 2 heterocycles. The van der Waals surface area contributed by atoms with Crippen molar-refractivity contribution in [2.75, 3.05) is 0 Å². The Balaban J connectivity index is 2.47. The third-order valence-corrected chi connectivity index (χ3v) is 1.79. The van der Waals surface area contributed by atoms with Gasteiger partial charge in [0.1, 0.15) is 11.8 Å². The van der Waals surface area contributed by atoms with Gasteiger partial charge in [-0.15, -0.1) is 0 Å². The van der Waals surface area contributed by atoms with E-state index in [1.54, 1.807) is 0 Å². The van der Waals surface area contributed by atoms with Crippen LogP contribution in [0.5, 0.6) is 5.88 Å². The molecule has 2 N–H and O–H groups in total. The van der Waals surface area contributed by atoms with Crippen molar-refractivity contribution < 1.29 is 14.6 Å². The van der Waals surface area contributed by atoms with E-state index in [4.69, 9.17) is 10.4 Å². The first-order chi connectivity index (χ1) is 7.19. The van der Waals surface area contributed by atoms with Crippen LogP contribution in [0.3, 0.4) is 0 Å². The summed E-state index contributed by atoms with van der Waals surface area (Å²) < 4.78 is 4.42. The number of carboxylic acid groups (broad SMARTS) is 1. The molecule has 15 heavy (non-hydrogen) atoms. The van der Waals surface area contributed by atoms with Crippen molar-refractivity contribution in [2.24, 2.45) is 0 Å². The summed E-state index contributed by atoms with van der Waals surface area (Å²) in [6, 6.07) is 4.90. The van der Waals surface area contributed by atoms with E-state index >= 15 is 0 Å². The van der Waals surface area contributed by atoms with Gasteiger partial charge in [0.25, 0.3) is 0 Å². The van der Waals surface area contributed by atoms with Gasteiger partial charge in [0.2, 0.25) is 5.88 Å². The first-order valence-electron chi connectivity index (χ1n) is 3.98. The minimum Gasteiger partial charge on any atom is -0.449 e. The smallest absolute Gasteiger partial charge is 0.449 e. The Labute approximate surface area is 83.7 Å². The molecule has 0 saturated carbocycles. The number of carbonyl (C=O) groups is 1. The van der Waals surface area contributed by atoms with E-state index < -0.39 is 6.16 Å². The molecule has 6 nitrogen and oxygen atoms in total. The fourth-order valence-electron chi connectivity index (χ4n) is 1.21. The quantitative estimate of drug-likeness (QED) is 0.684. The molecule has 0 amide bonds. The van der Waals surface area contributed by atoms with E-state index in [2.05, 4.69) is 14.7 Å². The molecule has 0 saturated heterocycles. The average Bonchev–Trinajstić information content (AvgIpc) is 2.57. The summed E-state index contributed by atoms with van der Waals surface area (Å²) in [5, 5.41) is 17.7. The number of nitrogens with one attached hydrogen (secondary N) is 1. The largest absolute Gasteiger partial charge is 0.512 e. The number of rotatable bonds is 1. The van der Waals surface area contributed by atoms with Gasteiger partial charge in [-0.2, -0.15) is 5.26 Å². The van der Waals surface area contributed by atoms with E-state index in [1.165, 1.54) is 18.3 Å². The number of ether oxygens (including phenoxy) is 1. The Hall–Kier alpha value is -2.55. The van der Waals surface area contributed by atoms with Crippen molar-refractivity contribution in [3.05, 3.63) is 24.0 Å². The Morgan fingerprint density at radius 1 is 1.60 bits per heavy atom. The zero-order valence-electron chi connectivity index (χ0n) is 7.39. The van der Waals surface area contributed by atoms with Crippen LogP contribution < -0.4 is 4.74 Å². The zero-order chi connectivity index (χ0) is 10.8. The number of pyridine rings is 1. The lowest BCUT2D eigenvalue weighted by atomic mass is 10.3. The predicted octanol–water partition coefficient (Wildman–Crippen LogP) is 1.49. The molecule has 6 heteroatoms. The highest BCUT2D eigenvalue weighted by molar-refractivity contribution is 5.82. The Kier molecular flexibility index (Phi) is 1.99. The number of fused-ring (bicyclic) bond motifs is 1. The summed E-state index contributed by atoms with van der Waals surface area (Å²) in [5.74, 6) is 0.106. The van der Waals surface area contributed by atoms with Crippen molar-refractivity contribution in [1.82, 2.24) is 9.97 Å². The van der Waals surface area contributed by atoms with Gasteiger partial charge in [-0.1, -0.05) is 0 Å². The molecule has 0 bridgehead atoms. The van der Waals surface area contributed by atoms with E-state index in [1.807, 2.05) is 6.07 Å². The second-order valence-corrected chi connectivity index (χ2v) is 2.77. The standard InChI is InChI=1S/C9H5N3O3/c10-3-6-2-7-5(4-11-6)1-8(12-7)15-9(13)14/h1-2,4,12H,(H,13,14). The van der Waals surface area contributed by atoms with Gasteiger partial charge in [-0.05, 0) is 6.07 Å². The van der Waals surface area contributed by atoms with Gasteiger partial charge in [0.05, 0.1) is 5.52 Å². The monoisotopic (exact) mass is 203 g/mol. The molecule has 0 aromatic carbocycles. The summed E-state index contributed by atoms with van der Waals surface area (Å²) in [6.45, 7) is 0. The van der Waals surface area contributed by atoms with Crippen LogP contribution in [0.15, 0.2) is 18.3 Å². The second kappa shape index (κ2) is 3.31. The SMILES string of the molecule is N#Cc1cc2[nH]c(OC(=O)O)cc2cn1. The highest BCUT2D eigenvalue weighted by atomic mass is 16.7. The first kappa shape index (κ1) is 9.02. The van der Waals surface area contributed by atoms with E-state index in [9.17, 15) is 4.79 Å². The molecule has 0 fully saturated rings. The van der Waals surface area contributed by atoms with Crippen LogP contribution in [-0.4, -0.2) is 21.2 Å². The third kappa shape index (κ3) is 1.71. The van der Waals surface area contributed by atoms with Gasteiger partial charge in [0.15, 0.2) is 0 Å². The highest BCUT2D eigenvalue weighted by Gasteiger charge is 2.06. The van der Waals surface area contributed by atoms with Crippen molar-refractivity contribution in [3.63, 3.8) is 0 Å². The maximum Gasteiger partial charge on any atom is 0.512 e.